The molecule has 6 heteroatoms. The van der Waals surface area contributed by atoms with Gasteiger partial charge >= 0.3 is 0 Å². The summed E-state index contributed by atoms with van der Waals surface area (Å²) in [6.07, 6.45) is 0. The molecule has 0 spiro atoms. The Balaban J connectivity index is 2.91. The van der Waals surface area contributed by atoms with Gasteiger partial charge in [0.25, 0.3) is 5.91 Å². The Labute approximate surface area is 93.0 Å². The first-order valence-electron chi connectivity index (χ1n) is 4.58. The van der Waals surface area contributed by atoms with Crippen LogP contribution in [0.2, 0.25) is 5.15 Å². The number of carbonyl (C=O) groups excluding carboxylic acids is 1. The Morgan fingerprint density at radius 2 is 2.33 bits per heavy atom. The maximum atomic E-state index is 11.7. The van der Waals surface area contributed by atoms with Gasteiger partial charge in [-0.3, -0.25) is 9.48 Å². The number of aryl methyl sites for hydroxylation is 2. The van der Waals surface area contributed by atoms with Crippen LogP contribution < -0.4 is 5.32 Å². The van der Waals surface area contributed by atoms with Crippen LogP contribution in [0.1, 0.15) is 23.0 Å². The number of carbonyl (C=O) groups is 1. The molecule has 1 heterocycles. The van der Waals surface area contributed by atoms with E-state index >= 15 is 0 Å². The fraction of sp³-hybridized carbons (Fsp3) is 0.556. The van der Waals surface area contributed by atoms with E-state index in [0.717, 1.165) is 0 Å². The largest absolute Gasteiger partial charge is 0.394 e. The Hall–Kier alpha value is -1.07. The number of nitrogens with one attached hydrogen (secondary N) is 1. The first kappa shape index (κ1) is 12.0. The number of rotatable bonds is 3. The smallest absolute Gasteiger partial charge is 0.256 e. The molecule has 0 fully saturated rings. The third-order valence-electron chi connectivity index (χ3n) is 2.03. The van der Waals surface area contributed by atoms with Crippen molar-refractivity contribution in [2.75, 3.05) is 6.61 Å². The SMILES string of the molecule is Cc1nn(C)c(Cl)c1C(=O)NC(C)CO. The molecule has 0 saturated carbocycles. The fourth-order valence-electron chi connectivity index (χ4n) is 1.23. The van der Waals surface area contributed by atoms with Crippen LogP contribution in [0.4, 0.5) is 0 Å². The fourth-order valence-corrected chi connectivity index (χ4v) is 1.49. The van der Waals surface area contributed by atoms with Crippen LogP contribution in [0, 0.1) is 6.92 Å². The monoisotopic (exact) mass is 231 g/mol. The van der Waals surface area contributed by atoms with E-state index in [2.05, 4.69) is 10.4 Å². The third-order valence-corrected chi connectivity index (χ3v) is 2.46. The summed E-state index contributed by atoms with van der Waals surface area (Å²) >= 11 is 5.91. The third kappa shape index (κ3) is 2.49. The second kappa shape index (κ2) is 4.63. The van der Waals surface area contributed by atoms with E-state index in [-0.39, 0.29) is 18.6 Å². The number of aliphatic hydroxyl groups is 1. The van der Waals surface area contributed by atoms with Gasteiger partial charge in [-0.05, 0) is 13.8 Å². The first-order valence-corrected chi connectivity index (χ1v) is 4.96. The van der Waals surface area contributed by atoms with Crippen LogP contribution in [0.15, 0.2) is 0 Å². The lowest BCUT2D eigenvalue weighted by Crippen LogP contribution is -2.35. The molecule has 0 radical (unpaired) electrons. The van der Waals surface area contributed by atoms with Gasteiger partial charge in [0.15, 0.2) is 0 Å². The predicted molar refractivity (Wildman–Crippen MR) is 57.0 cm³/mol. The molecule has 2 N–H and O–H groups in total. The van der Waals surface area contributed by atoms with Crippen molar-refractivity contribution in [3.05, 3.63) is 16.4 Å². The molecule has 1 atom stereocenters. The lowest BCUT2D eigenvalue weighted by Gasteiger charge is -2.10. The Bertz CT molecular complexity index is 376. The van der Waals surface area contributed by atoms with E-state index in [1.807, 2.05) is 0 Å². The molecule has 0 aromatic carbocycles. The zero-order valence-electron chi connectivity index (χ0n) is 8.91. The maximum absolute atomic E-state index is 11.7. The van der Waals surface area contributed by atoms with Crippen LogP contribution in [-0.4, -0.2) is 33.4 Å². The zero-order chi connectivity index (χ0) is 11.6. The highest BCUT2D eigenvalue weighted by Crippen LogP contribution is 2.18. The highest BCUT2D eigenvalue weighted by molar-refractivity contribution is 6.33. The second-order valence-corrected chi connectivity index (χ2v) is 3.79. The molecule has 1 aromatic rings. The van der Waals surface area contributed by atoms with E-state index in [0.29, 0.717) is 16.4 Å². The van der Waals surface area contributed by atoms with E-state index in [4.69, 9.17) is 16.7 Å². The van der Waals surface area contributed by atoms with Gasteiger partial charge in [-0.1, -0.05) is 11.6 Å². The number of nitrogens with zero attached hydrogens (tertiary/aromatic N) is 2. The second-order valence-electron chi connectivity index (χ2n) is 3.43. The molecule has 1 amide bonds. The van der Waals surface area contributed by atoms with E-state index < -0.39 is 0 Å². The Kier molecular flexibility index (Phi) is 3.71. The molecule has 0 aliphatic rings. The summed E-state index contributed by atoms with van der Waals surface area (Å²) in [6, 6.07) is -0.298. The Morgan fingerprint density at radius 1 is 1.73 bits per heavy atom. The van der Waals surface area contributed by atoms with Gasteiger partial charge in [-0.15, -0.1) is 0 Å². The summed E-state index contributed by atoms with van der Waals surface area (Å²) in [6.45, 7) is 3.31. The topological polar surface area (TPSA) is 67.2 Å². The van der Waals surface area contributed by atoms with Crippen molar-refractivity contribution >= 4 is 17.5 Å². The molecular weight excluding hydrogens is 218 g/mol. The summed E-state index contributed by atoms with van der Waals surface area (Å²) in [5.41, 5.74) is 0.935. The molecule has 0 bridgehead atoms. The molecule has 84 valence electrons. The van der Waals surface area contributed by atoms with Crippen LogP contribution in [-0.2, 0) is 7.05 Å². The lowest BCUT2D eigenvalue weighted by atomic mass is 10.2. The number of hydrogen-bond donors (Lipinski definition) is 2. The summed E-state index contributed by atoms with van der Waals surface area (Å²) < 4.78 is 1.44. The molecule has 15 heavy (non-hydrogen) atoms. The van der Waals surface area contributed by atoms with Gasteiger partial charge in [-0.25, -0.2) is 0 Å². The van der Waals surface area contributed by atoms with Crippen molar-refractivity contribution in [3.8, 4) is 0 Å². The first-order chi connectivity index (χ1) is 6.97. The molecule has 1 aromatic heterocycles. The summed E-state index contributed by atoms with van der Waals surface area (Å²) in [7, 11) is 1.67. The quantitative estimate of drug-likeness (QED) is 0.796. The molecule has 1 rings (SSSR count). The molecule has 1 unspecified atom stereocenters. The number of aliphatic hydroxyl groups excluding tert-OH is 1. The maximum Gasteiger partial charge on any atom is 0.256 e. The standard InChI is InChI=1S/C9H14ClN3O2/c1-5(4-14)11-9(15)7-6(2)12-13(3)8(7)10/h5,14H,4H2,1-3H3,(H,11,15). The van der Waals surface area contributed by atoms with Crippen LogP contribution in [0.3, 0.4) is 0 Å². The summed E-state index contributed by atoms with van der Waals surface area (Å²) in [4.78, 5) is 11.7. The molecular formula is C9H14ClN3O2. The minimum atomic E-state index is -0.313. The number of halogens is 1. The van der Waals surface area contributed by atoms with E-state index in [9.17, 15) is 4.79 Å². The molecule has 0 aliphatic heterocycles. The van der Waals surface area contributed by atoms with Gasteiger partial charge in [-0.2, -0.15) is 5.10 Å². The van der Waals surface area contributed by atoms with E-state index in [1.54, 1.807) is 20.9 Å². The Morgan fingerprint density at radius 3 is 2.73 bits per heavy atom. The van der Waals surface area contributed by atoms with Gasteiger partial charge in [0.05, 0.1) is 17.9 Å². The lowest BCUT2D eigenvalue weighted by molar-refractivity contribution is 0.0922. The normalized spacial score (nSPS) is 12.6. The van der Waals surface area contributed by atoms with Crippen LogP contribution in [0.25, 0.3) is 0 Å². The van der Waals surface area contributed by atoms with Crippen LogP contribution in [0.5, 0.6) is 0 Å². The minimum Gasteiger partial charge on any atom is -0.394 e. The minimum absolute atomic E-state index is 0.108. The summed E-state index contributed by atoms with van der Waals surface area (Å²) in [5.74, 6) is -0.313. The average molecular weight is 232 g/mol. The van der Waals surface area contributed by atoms with E-state index in [1.165, 1.54) is 4.68 Å². The highest BCUT2D eigenvalue weighted by Gasteiger charge is 2.19. The zero-order valence-corrected chi connectivity index (χ0v) is 9.67. The highest BCUT2D eigenvalue weighted by atomic mass is 35.5. The molecule has 0 saturated heterocycles. The summed E-state index contributed by atoms with van der Waals surface area (Å²) in [5, 5.41) is 15.7. The molecule has 5 nitrogen and oxygen atoms in total. The van der Waals surface area contributed by atoms with Crippen molar-refractivity contribution in [2.45, 2.75) is 19.9 Å². The number of aromatic nitrogens is 2. The van der Waals surface area contributed by atoms with Gasteiger partial charge in [0, 0.05) is 13.1 Å². The molecule has 0 aliphatic carbocycles. The van der Waals surface area contributed by atoms with Gasteiger partial charge in [0.1, 0.15) is 5.15 Å². The van der Waals surface area contributed by atoms with Crippen molar-refractivity contribution in [1.29, 1.82) is 0 Å². The van der Waals surface area contributed by atoms with Gasteiger partial charge in [0.2, 0.25) is 0 Å². The van der Waals surface area contributed by atoms with Crippen molar-refractivity contribution in [2.24, 2.45) is 7.05 Å². The number of amides is 1. The van der Waals surface area contributed by atoms with Crippen molar-refractivity contribution in [3.63, 3.8) is 0 Å². The number of hydrogen-bond acceptors (Lipinski definition) is 3. The predicted octanol–water partition coefficient (Wildman–Crippen LogP) is 0.493. The van der Waals surface area contributed by atoms with Crippen molar-refractivity contribution < 1.29 is 9.90 Å². The van der Waals surface area contributed by atoms with Crippen molar-refractivity contribution in [1.82, 2.24) is 15.1 Å². The van der Waals surface area contributed by atoms with Gasteiger partial charge < -0.3 is 10.4 Å². The van der Waals surface area contributed by atoms with Crippen LogP contribution >= 0.6 is 11.6 Å². The average Bonchev–Trinajstić information content (AvgIpc) is 2.41.